The molecule has 100 valence electrons. The van der Waals surface area contributed by atoms with Gasteiger partial charge in [-0.1, -0.05) is 32.0 Å². The third kappa shape index (κ3) is 2.84. The van der Waals surface area contributed by atoms with Gasteiger partial charge in [0.25, 0.3) is 5.91 Å². The smallest absolute Gasteiger partial charge is 0.276 e. The van der Waals surface area contributed by atoms with Crippen molar-refractivity contribution in [1.82, 2.24) is 9.78 Å². The highest BCUT2D eigenvalue weighted by atomic mass is 16.2. The molecule has 2 aromatic rings. The molecule has 2 rings (SSSR count). The van der Waals surface area contributed by atoms with Crippen LogP contribution in [-0.2, 0) is 7.05 Å². The van der Waals surface area contributed by atoms with E-state index in [1.165, 1.54) is 0 Å². The number of anilines is 1. The van der Waals surface area contributed by atoms with Crippen molar-refractivity contribution in [3.8, 4) is 0 Å². The van der Waals surface area contributed by atoms with Crippen LogP contribution in [0.2, 0.25) is 0 Å². The number of rotatable bonds is 3. The Morgan fingerprint density at radius 1 is 1.32 bits per heavy atom. The van der Waals surface area contributed by atoms with E-state index in [1.54, 1.807) is 4.68 Å². The first-order chi connectivity index (χ1) is 8.99. The lowest BCUT2D eigenvalue weighted by molar-refractivity contribution is 0.102. The Hall–Kier alpha value is -2.10. The quantitative estimate of drug-likeness (QED) is 0.918. The molecule has 1 N–H and O–H groups in total. The summed E-state index contributed by atoms with van der Waals surface area (Å²) in [4.78, 5) is 12.2. The van der Waals surface area contributed by atoms with Crippen molar-refractivity contribution in [2.75, 3.05) is 5.32 Å². The number of nitrogens with zero attached hydrogens (tertiary/aromatic N) is 2. The van der Waals surface area contributed by atoms with Crippen LogP contribution in [-0.4, -0.2) is 15.7 Å². The van der Waals surface area contributed by atoms with Crippen molar-refractivity contribution in [2.45, 2.75) is 26.7 Å². The van der Waals surface area contributed by atoms with Gasteiger partial charge in [0.05, 0.1) is 0 Å². The third-order valence-corrected chi connectivity index (χ3v) is 3.06. The van der Waals surface area contributed by atoms with E-state index in [0.29, 0.717) is 11.6 Å². The standard InChI is InChI=1S/C15H19N3O/c1-10(2)12-7-5-6-8-13(12)16-15(19)14-11(3)9-18(4)17-14/h5-10H,1-4H3,(H,16,19). The molecule has 4 heteroatoms. The lowest BCUT2D eigenvalue weighted by Gasteiger charge is -2.13. The number of amides is 1. The van der Waals surface area contributed by atoms with Crippen LogP contribution >= 0.6 is 0 Å². The summed E-state index contributed by atoms with van der Waals surface area (Å²) in [7, 11) is 1.81. The molecule has 0 radical (unpaired) electrons. The van der Waals surface area contributed by atoms with Gasteiger partial charge in [0.1, 0.15) is 0 Å². The monoisotopic (exact) mass is 257 g/mol. The fourth-order valence-corrected chi connectivity index (χ4v) is 2.13. The zero-order chi connectivity index (χ0) is 14.0. The van der Waals surface area contributed by atoms with E-state index in [1.807, 2.05) is 44.4 Å². The van der Waals surface area contributed by atoms with E-state index in [4.69, 9.17) is 0 Å². The maximum absolute atomic E-state index is 12.2. The zero-order valence-electron chi connectivity index (χ0n) is 11.8. The Morgan fingerprint density at radius 2 is 2.00 bits per heavy atom. The second kappa shape index (κ2) is 5.26. The Bertz CT molecular complexity index is 599. The minimum atomic E-state index is -0.161. The summed E-state index contributed by atoms with van der Waals surface area (Å²) in [5, 5.41) is 7.13. The number of aryl methyl sites for hydroxylation is 2. The van der Waals surface area contributed by atoms with Crippen LogP contribution in [0.5, 0.6) is 0 Å². The van der Waals surface area contributed by atoms with Crippen LogP contribution in [0.15, 0.2) is 30.5 Å². The predicted octanol–water partition coefficient (Wildman–Crippen LogP) is 3.10. The molecular formula is C15H19N3O. The summed E-state index contributed by atoms with van der Waals surface area (Å²) in [5.74, 6) is 0.201. The third-order valence-electron chi connectivity index (χ3n) is 3.06. The average molecular weight is 257 g/mol. The number of aromatic nitrogens is 2. The summed E-state index contributed by atoms with van der Waals surface area (Å²) in [6.07, 6.45) is 1.84. The van der Waals surface area contributed by atoms with E-state index >= 15 is 0 Å². The predicted molar refractivity (Wildman–Crippen MR) is 76.4 cm³/mol. The minimum absolute atomic E-state index is 0.161. The van der Waals surface area contributed by atoms with Gasteiger partial charge >= 0.3 is 0 Å². The van der Waals surface area contributed by atoms with Gasteiger partial charge in [0, 0.05) is 24.5 Å². The van der Waals surface area contributed by atoms with Crippen molar-refractivity contribution >= 4 is 11.6 Å². The van der Waals surface area contributed by atoms with Crippen LogP contribution in [0.3, 0.4) is 0 Å². The molecule has 0 spiro atoms. The van der Waals surface area contributed by atoms with Gasteiger partial charge in [-0.3, -0.25) is 9.48 Å². The number of carbonyl (C=O) groups is 1. The van der Waals surface area contributed by atoms with E-state index in [2.05, 4.69) is 24.3 Å². The minimum Gasteiger partial charge on any atom is -0.320 e. The Balaban J connectivity index is 2.27. The number of nitrogens with one attached hydrogen (secondary N) is 1. The lowest BCUT2D eigenvalue weighted by atomic mass is 10.0. The normalized spacial score (nSPS) is 10.8. The highest BCUT2D eigenvalue weighted by molar-refractivity contribution is 6.04. The van der Waals surface area contributed by atoms with Gasteiger partial charge in [-0.25, -0.2) is 0 Å². The van der Waals surface area contributed by atoms with E-state index in [-0.39, 0.29) is 5.91 Å². The van der Waals surface area contributed by atoms with Crippen LogP contribution in [0.4, 0.5) is 5.69 Å². The first kappa shape index (κ1) is 13.3. The molecule has 0 atom stereocenters. The van der Waals surface area contributed by atoms with Crippen LogP contribution in [0.1, 0.15) is 41.4 Å². The van der Waals surface area contributed by atoms with E-state index < -0.39 is 0 Å². The molecule has 0 saturated heterocycles. The number of para-hydroxylation sites is 1. The molecule has 1 aromatic carbocycles. The van der Waals surface area contributed by atoms with Crippen LogP contribution in [0.25, 0.3) is 0 Å². The van der Waals surface area contributed by atoms with Crippen molar-refractivity contribution in [3.05, 3.63) is 47.3 Å². The van der Waals surface area contributed by atoms with Gasteiger partial charge in [0.2, 0.25) is 0 Å². The summed E-state index contributed by atoms with van der Waals surface area (Å²) < 4.78 is 1.65. The second-order valence-corrected chi connectivity index (χ2v) is 5.03. The lowest BCUT2D eigenvalue weighted by Crippen LogP contribution is -2.15. The van der Waals surface area contributed by atoms with Gasteiger partial charge in [0.15, 0.2) is 5.69 Å². The molecule has 1 amide bonds. The Labute approximate surface area is 113 Å². The Morgan fingerprint density at radius 3 is 2.58 bits per heavy atom. The first-order valence-electron chi connectivity index (χ1n) is 6.39. The molecule has 4 nitrogen and oxygen atoms in total. The van der Waals surface area contributed by atoms with E-state index in [9.17, 15) is 4.79 Å². The topological polar surface area (TPSA) is 46.9 Å². The SMILES string of the molecule is Cc1cn(C)nc1C(=O)Nc1ccccc1C(C)C. The second-order valence-electron chi connectivity index (χ2n) is 5.03. The number of carbonyl (C=O) groups excluding carboxylic acids is 1. The maximum Gasteiger partial charge on any atom is 0.276 e. The maximum atomic E-state index is 12.2. The van der Waals surface area contributed by atoms with Gasteiger partial charge in [-0.15, -0.1) is 0 Å². The fourth-order valence-electron chi connectivity index (χ4n) is 2.13. The molecule has 1 heterocycles. The average Bonchev–Trinajstić information content (AvgIpc) is 2.69. The number of hydrogen-bond acceptors (Lipinski definition) is 2. The van der Waals surface area contributed by atoms with Gasteiger partial charge < -0.3 is 5.32 Å². The van der Waals surface area contributed by atoms with Crippen molar-refractivity contribution in [2.24, 2.45) is 7.05 Å². The largest absolute Gasteiger partial charge is 0.320 e. The number of benzene rings is 1. The summed E-state index contributed by atoms with van der Waals surface area (Å²) in [6, 6.07) is 7.86. The molecular weight excluding hydrogens is 238 g/mol. The molecule has 0 saturated carbocycles. The molecule has 0 aliphatic carbocycles. The highest BCUT2D eigenvalue weighted by Gasteiger charge is 2.15. The molecule has 0 unspecified atom stereocenters. The molecule has 0 bridgehead atoms. The Kier molecular flexibility index (Phi) is 3.69. The molecule has 19 heavy (non-hydrogen) atoms. The van der Waals surface area contributed by atoms with Gasteiger partial charge in [-0.2, -0.15) is 5.10 Å². The summed E-state index contributed by atoms with van der Waals surface area (Å²) >= 11 is 0. The van der Waals surface area contributed by atoms with Crippen LogP contribution in [0, 0.1) is 6.92 Å². The van der Waals surface area contributed by atoms with Gasteiger partial charge in [-0.05, 0) is 24.5 Å². The molecule has 0 aliphatic heterocycles. The summed E-state index contributed by atoms with van der Waals surface area (Å²) in [5.41, 5.74) is 3.33. The van der Waals surface area contributed by atoms with Crippen LogP contribution < -0.4 is 5.32 Å². The van der Waals surface area contributed by atoms with Crippen molar-refractivity contribution in [1.29, 1.82) is 0 Å². The highest BCUT2D eigenvalue weighted by Crippen LogP contribution is 2.24. The molecule has 0 aliphatic rings. The fraction of sp³-hybridized carbons (Fsp3) is 0.333. The summed E-state index contributed by atoms with van der Waals surface area (Å²) in [6.45, 7) is 6.10. The van der Waals surface area contributed by atoms with Crippen molar-refractivity contribution < 1.29 is 4.79 Å². The molecule has 0 fully saturated rings. The first-order valence-corrected chi connectivity index (χ1v) is 6.39. The number of hydrogen-bond donors (Lipinski definition) is 1. The zero-order valence-corrected chi connectivity index (χ0v) is 11.8. The molecule has 1 aromatic heterocycles. The van der Waals surface area contributed by atoms with E-state index in [0.717, 1.165) is 16.8 Å². The van der Waals surface area contributed by atoms with Crippen molar-refractivity contribution in [3.63, 3.8) is 0 Å².